The van der Waals surface area contributed by atoms with Gasteiger partial charge in [0, 0.05) is 31.6 Å². The molecule has 0 radical (unpaired) electrons. The molecule has 1 aliphatic rings. The van der Waals surface area contributed by atoms with E-state index in [1.54, 1.807) is 11.3 Å². The number of ether oxygens (including phenoxy) is 1. The maximum atomic E-state index is 5.80. The molecule has 2 heterocycles. The molecule has 1 atom stereocenters. The highest BCUT2D eigenvalue weighted by atomic mass is 32.1. The van der Waals surface area contributed by atoms with Crippen LogP contribution in [0.5, 0.6) is 0 Å². The number of hydrogen-bond donors (Lipinski definition) is 1. The number of nitrogens with two attached hydrogens (primary N) is 1. The summed E-state index contributed by atoms with van der Waals surface area (Å²) in [4.78, 5) is 6.94. The minimum absolute atomic E-state index is 0.0474. The summed E-state index contributed by atoms with van der Waals surface area (Å²) in [5, 5.41) is 3.14. The Kier molecular flexibility index (Phi) is 4.29. The normalized spacial score (nSPS) is 20.6. The van der Waals surface area contributed by atoms with Crippen LogP contribution in [0.25, 0.3) is 0 Å². The molecule has 0 aromatic carbocycles. The molecule has 1 aromatic rings. The van der Waals surface area contributed by atoms with E-state index in [1.165, 1.54) is 0 Å². The van der Waals surface area contributed by atoms with Gasteiger partial charge in [-0.1, -0.05) is 0 Å². The van der Waals surface area contributed by atoms with Crippen LogP contribution in [0.3, 0.4) is 0 Å². The lowest BCUT2D eigenvalue weighted by Gasteiger charge is -2.17. The average molecular weight is 241 g/mol. The summed E-state index contributed by atoms with van der Waals surface area (Å²) in [5.74, 6) is 0. The monoisotopic (exact) mass is 241 g/mol. The Morgan fingerprint density at radius 3 is 3.19 bits per heavy atom. The third-order valence-electron chi connectivity index (χ3n) is 2.66. The van der Waals surface area contributed by atoms with E-state index in [2.05, 4.69) is 15.3 Å². The molecule has 90 valence electrons. The van der Waals surface area contributed by atoms with Gasteiger partial charge in [-0.3, -0.25) is 4.90 Å². The van der Waals surface area contributed by atoms with Crippen molar-refractivity contribution >= 4 is 11.3 Å². The Labute approximate surface area is 100 Å². The average Bonchev–Trinajstić information content (AvgIpc) is 2.56. The van der Waals surface area contributed by atoms with Crippen molar-refractivity contribution in [3.8, 4) is 0 Å². The zero-order valence-electron chi connectivity index (χ0n) is 9.69. The zero-order valence-corrected chi connectivity index (χ0v) is 10.5. The standard InChI is InChI=1S/C11H19N3OS/c1-9(12)11-13-10(8-16-11)7-14-3-2-5-15-6-4-14/h8-9H,2-7,12H2,1H3. The summed E-state index contributed by atoms with van der Waals surface area (Å²) in [6, 6.07) is 0.0474. The third-order valence-corrected chi connectivity index (χ3v) is 3.75. The van der Waals surface area contributed by atoms with E-state index in [0.717, 1.165) is 50.0 Å². The van der Waals surface area contributed by atoms with Crippen molar-refractivity contribution in [2.24, 2.45) is 5.73 Å². The van der Waals surface area contributed by atoms with E-state index in [9.17, 15) is 0 Å². The van der Waals surface area contributed by atoms with Crippen LogP contribution in [0.4, 0.5) is 0 Å². The van der Waals surface area contributed by atoms with Gasteiger partial charge in [-0.25, -0.2) is 4.98 Å². The molecule has 5 heteroatoms. The third kappa shape index (κ3) is 3.25. The highest BCUT2D eigenvalue weighted by molar-refractivity contribution is 7.09. The van der Waals surface area contributed by atoms with Gasteiger partial charge in [0.1, 0.15) is 5.01 Å². The highest BCUT2D eigenvalue weighted by Crippen LogP contribution is 2.17. The molecule has 0 saturated carbocycles. The van der Waals surface area contributed by atoms with Crippen LogP contribution in [0.2, 0.25) is 0 Å². The lowest BCUT2D eigenvalue weighted by Crippen LogP contribution is -2.26. The molecule has 0 amide bonds. The van der Waals surface area contributed by atoms with Crippen LogP contribution >= 0.6 is 11.3 Å². The minimum Gasteiger partial charge on any atom is -0.380 e. The summed E-state index contributed by atoms with van der Waals surface area (Å²) < 4.78 is 5.43. The topological polar surface area (TPSA) is 51.4 Å². The van der Waals surface area contributed by atoms with Gasteiger partial charge in [0.05, 0.1) is 18.3 Å². The fraction of sp³-hybridized carbons (Fsp3) is 0.727. The van der Waals surface area contributed by atoms with Gasteiger partial charge in [0.25, 0.3) is 0 Å². The van der Waals surface area contributed by atoms with Gasteiger partial charge >= 0.3 is 0 Å². The molecule has 0 aliphatic carbocycles. The minimum atomic E-state index is 0.0474. The first-order valence-electron chi connectivity index (χ1n) is 5.75. The summed E-state index contributed by atoms with van der Waals surface area (Å²) in [5.41, 5.74) is 6.94. The molecule has 1 unspecified atom stereocenters. The van der Waals surface area contributed by atoms with E-state index in [0.29, 0.717) is 0 Å². The molecule has 2 N–H and O–H groups in total. The molecule has 1 aliphatic heterocycles. The number of hydrogen-bond acceptors (Lipinski definition) is 5. The molecule has 1 aromatic heterocycles. The van der Waals surface area contributed by atoms with Crippen molar-refractivity contribution < 1.29 is 4.74 Å². The van der Waals surface area contributed by atoms with Crippen LogP contribution in [0, 0.1) is 0 Å². The van der Waals surface area contributed by atoms with E-state index in [1.807, 2.05) is 6.92 Å². The first-order valence-corrected chi connectivity index (χ1v) is 6.63. The summed E-state index contributed by atoms with van der Waals surface area (Å²) in [6.07, 6.45) is 1.12. The zero-order chi connectivity index (χ0) is 11.4. The number of thiazole rings is 1. The fourth-order valence-electron chi connectivity index (χ4n) is 1.79. The second kappa shape index (κ2) is 5.72. The van der Waals surface area contributed by atoms with Gasteiger partial charge in [0.2, 0.25) is 0 Å². The molecule has 0 bridgehead atoms. The van der Waals surface area contributed by atoms with Crippen LogP contribution in [0.1, 0.15) is 30.1 Å². The van der Waals surface area contributed by atoms with Crippen LogP contribution < -0.4 is 5.73 Å². The molecule has 1 fully saturated rings. The van der Waals surface area contributed by atoms with E-state index in [-0.39, 0.29) is 6.04 Å². The largest absolute Gasteiger partial charge is 0.380 e. The maximum absolute atomic E-state index is 5.80. The van der Waals surface area contributed by atoms with Crippen molar-refractivity contribution in [2.45, 2.75) is 25.9 Å². The van der Waals surface area contributed by atoms with Crippen LogP contribution in [-0.2, 0) is 11.3 Å². The van der Waals surface area contributed by atoms with Gasteiger partial charge in [-0.05, 0) is 13.3 Å². The van der Waals surface area contributed by atoms with Crippen LogP contribution in [0.15, 0.2) is 5.38 Å². The fourth-order valence-corrected chi connectivity index (χ4v) is 2.56. The SMILES string of the molecule is CC(N)c1nc(CN2CCCOCC2)cs1. The second-order valence-corrected chi connectivity index (χ2v) is 5.10. The quantitative estimate of drug-likeness (QED) is 0.868. The Bertz CT molecular complexity index is 319. The molecular weight excluding hydrogens is 222 g/mol. The maximum Gasteiger partial charge on any atom is 0.109 e. The van der Waals surface area contributed by atoms with E-state index < -0.39 is 0 Å². The Morgan fingerprint density at radius 2 is 2.44 bits per heavy atom. The lowest BCUT2D eigenvalue weighted by molar-refractivity contribution is 0.140. The number of nitrogens with zero attached hydrogens (tertiary/aromatic N) is 2. The van der Waals surface area contributed by atoms with E-state index in [4.69, 9.17) is 10.5 Å². The summed E-state index contributed by atoms with van der Waals surface area (Å²) in [6.45, 7) is 6.73. The molecule has 4 nitrogen and oxygen atoms in total. The molecule has 0 spiro atoms. The van der Waals surface area contributed by atoms with Crippen molar-refractivity contribution in [3.05, 3.63) is 16.1 Å². The number of aromatic nitrogens is 1. The predicted octanol–water partition coefficient (Wildman–Crippen LogP) is 1.39. The van der Waals surface area contributed by atoms with Crippen molar-refractivity contribution in [3.63, 3.8) is 0 Å². The van der Waals surface area contributed by atoms with Crippen molar-refractivity contribution in [2.75, 3.05) is 26.3 Å². The van der Waals surface area contributed by atoms with Gasteiger partial charge in [0.15, 0.2) is 0 Å². The Hall–Kier alpha value is -0.490. The summed E-state index contributed by atoms with van der Waals surface area (Å²) in [7, 11) is 0. The number of rotatable bonds is 3. The molecule has 16 heavy (non-hydrogen) atoms. The van der Waals surface area contributed by atoms with Gasteiger partial charge in [-0.15, -0.1) is 11.3 Å². The van der Waals surface area contributed by atoms with Crippen molar-refractivity contribution in [1.29, 1.82) is 0 Å². The lowest BCUT2D eigenvalue weighted by atomic mass is 10.3. The Morgan fingerprint density at radius 1 is 1.56 bits per heavy atom. The van der Waals surface area contributed by atoms with E-state index >= 15 is 0 Å². The summed E-state index contributed by atoms with van der Waals surface area (Å²) >= 11 is 1.66. The predicted molar refractivity (Wildman–Crippen MR) is 65.4 cm³/mol. The molecular formula is C11H19N3OS. The highest BCUT2D eigenvalue weighted by Gasteiger charge is 2.12. The smallest absolute Gasteiger partial charge is 0.109 e. The second-order valence-electron chi connectivity index (χ2n) is 4.21. The molecule has 2 rings (SSSR count). The van der Waals surface area contributed by atoms with Crippen molar-refractivity contribution in [1.82, 2.24) is 9.88 Å². The Balaban J connectivity index is 1.91. The van der Waals surface area contributed by atoms with Gasteiger partial charge < -0.3 is 10.5 Å². The van der Waals surface area contributed by atoms with Crippen LogP contribution in [-0.4, -0.2) is 36.2 Å². The first-order chi connectivity index (χ1) is 7.75. The molecule has 1 saturated heterocycles. The first kappa shape index (κ1) is 12.0. The van der Waals surface area contributed by atoms with Gasteiger partial charge in [-0.2, -0.15) is 0 Å².